The van der Waals surface area contributed by atoms with Crippen molar-refractivity contribution in [1.82, 2.24) is 20.2 Å². The van der Waals surface area contributed by atoms with Gasteiger partial charge in [0, 0.05) is 5.56 Å². The van der Waals surface area contributed by atoms with Crippen LogP contribution in [0.15, 0.2) is 60.7 Å². The summed E-state index contributed by atoms with van der Waals surface area (Å²) in [6, 6.07) is 18.0. The van der Waals surface area contributed by atoms with Crippen LogP contribution in [0.5, 0.6) is 0 Å². The number of hydrogen-bond acceptors (Lipinski definition) is 7. The van der Waals surface area contributed by atoms with Gasteiger partial charge in [0.1, 0.15) is 6.54 Å². The van der Waals surface area contributed by atoms with Crippen molar-refractivity contribution in [2.75, 3.05) is 13.2 Å². The summed E-state index contributed by atoms with van der Waals surface area (Å²) in [6.45, 7) is 3.38. The van der Waals surface area contributed by atoms with Crippen molar-refractivity contribution in [3.8, 4) is 11.4 Å². The lowest BCUT2D eigenvalue weighted by Gasteiger charge is -2.34. The minimum absolute atomic E-state index is 0.118. The Morgan fingerprint density at radius 2 is 1.57 bits per heavy atom. The van der Waals surface area contributed by atoms with Crippen LogP contribution >= 0.6 is 7.60 Å². The van der Waals surface area contributed by atoms with E-state index in [9.17, 15) is 9.67 Å². The Morgan fingerprint density at radius 1 is 1.00 bits per heavy atom. The molecule has 2 aromatic carbocycles. The van der Waals surface area contributed by atoms with E-state index in [-0.39, 0.29) is 19.8 Å². The summed E-state index contributed by atoms with van der Waals surface area (Å²) >= 11 is 0. The molecule has 1 unspecified atom stereocenters. The SMILES string of the molecule is CCOP(=O)(OCC)C(O)(Cn1nnc(-c2ccccc2)n1)c1ccccc1. The molecule has 0 fully saturated rings. The summed E-state index contributed by atoms with van der Waals surface area (Å²) in [4.78, 5) is 1.21. The normalized spacial score (nSPS) is 14.0. The van der Waals surface area contributed by atoms with Gasteiger partial charge in [0.2, 0.25) is 11.2 Å². The third kappa shape index (κ3) is 4.05. The average molecular weight is 402 g/mol. The molecule has 148 valence electrons. The molecule has 1 N–H and O–H groups in total. The second-order valence-corrected chi connectivity index (χ2v) is 8.28. The number of rotatable bonds is 9. The molecule has 0 aliphatic rings. The lowest BCUT2D eigenvalue weighted by atomic mass is 10.1. The highest BCUT2D eigenvalue weighted by atomic mass is 31.2. The molecule has 0 aliphatic heterocycles. The minimum Gasteiger partial charge on any atom is -0.372 e. The number of tetrazole rings is 1. The van der Waals surface area contributed by atoms with Gasteiger partial charge < -0.3 is 14.2 Å². The number of aliphatic hydroxyl groups is 1. The van der Waals surface area contributed by atoms with Gasteiger partial charge in [-0.05, 0) is 24.6 Å². The topological polar surface area (TPSA) is 99.4 Å². The van der Waals surface area contributed by atoms with E-state index in [0.717, 1.165) is 5.56 Å². The van der Waals surface area contributed by atoms with Gasteiger partial charge in [0.05, 0.1) is 13.2 Å². The van der Waals surface area contributed by atoms with Crippen molar-refractivity contribution in [2.24, 2.45) is 0 Å². The smallest absolute Gasteiger partial charge is 0.368 e. The summed E-state index contributed by atoms with van der Waals surface area (Å²) in [6.07, 6.45) is 0. The minimum atomic E-state index is -3.96. The van der Waals surface area contributed by atoms with E-state index in [1.807, 2.05) is 30.3 Å². The van der Waals surface area contributed by atoms with Crippen LogP contribution in [0.1, 0.15) is 19.4 Å². The van der Waals surface area contributed by atoms with Crippen molar-refractivity contribution in [3.05, 3.63) is 66.2 Å². The van der Waals surface area contributed by atoms with Crippen LogP contribution in [-0.2, 0) is 25.5 Å². The molecule has 0 saturated carbocycles. The van der Waals surface area contributed by atoms with E-state index < -0.39 is 12.9 Å². The van der Waals surface area contributed by atoms with E-state index in [0.29, 0.717) is 11.4 Å². The summed E-state index contributed by atoms with van der Waals surface area (Å²) in [7, 11) is -3.96. The Hall–Kier alpha value is -2.38. The summed E-state index contributed by atoms with van der Waals surface area (Å²) < 4.78 is 24.4. The van der Waals surface area contributed by atoms with E-state index in [1.54, 1.807) is 44.2 Å². The lowest BCUT2D eigenvalue weighted by Crippen LogP contribution is -2.34. The molecule has 0 amide bonds. The fraction of sp³-hybridized carbons (Fsp3) is 0.316. The zero-order valence-corrected chi connectivity index (χ0v) is 16.7. The zero-order chi connectivity index (χ0) is 20.0. The van der Waals surface area contributed by atoms with Gasteiger partial charge in [-0.25, -0.2) is 0 Å². The van der Waals surface area contributed by atoms with Crippen LogP contribution < -0.4 is 0 Å². The Morgan fingerprint density at radius 3 is 2.14 bits per heavy atom. The number of benzene rings is 2. The predicted octanol–water partition coefficient (Wildman–Crippen LogP) is 3.45. The highest BCUT2D eigenvalue weighted by molar-refractivity contribution is 7.54. The predicted molar refractivity (Wildman–Crippen MR) is 104 cm³/mol. The highest BCUT2D eigenvalue weighted by Crippen LogP contribution is 2.64. The molecule has 28 heavy (non-hydrogen) atoms. The van der Waals surface area contributed by atoms with Gasteiger partial charge in [-0.1, -0.05) is 60.7 Å². The summed E-state index contributed by atoms with van der Waals surface area (Å²) in [5.74, 6) is 0.402. The zero-order valence-electron chi connectivity index (χ0n) is 15.8. The first-order chi connectivity index (χ1) is 13.5. The van der Waals surface area contributed by atoms with Gasteiger partial charge in [0.15, 0.2) is 0 Å². The fourth-order valence-corrected chi connectivity index (χ4v) is 4.79. The first-order valence-electron chi connectivity index (χ1n) is 9.02. The van der Waals surface area contributed by atoms with Crippen LogP contribution in [0.2, 0.25) is 0 Å². The molecule has 1 heterocycles. The van der Waals surface area contributed by atoms with Crippen molar-refractivity contribution in [2.45, 2.75) is 25.7 Å². The van der Waals surface area contributed by atoms with E-state index in [1.165, 1.54) is 4.80 Å². The molecule has 1 atom stereocenters. The molecule has 3 rings (SSSR count). The van der Waals surface area contributed by atoms with Gasteiger partial charge in [-0.2, -0.15) is 4.80 Å². The van der Waals surface area contributed by atoms with E-state index in [4.69, 9.17) is 9.05 Å². The molecule has 0 spiro atoms. The number of hydrogen-bond donors (Lipinski definition) is 1. The molecule has 3 aromatic rings. The highest BCUT2D eigenvalue weighted by Gasteiger charge is 2.52. The standard InChI is InChI=1S/C19H23N4O4P/c1-3-26-28(25,27-4-2)19(24,17-13-9-6-10-14-17)15-23-21-18(20-22-23)16-11-7-5-8-12-16/h5-14,24H,3-4,15H2,1-2H3. The fourth-order valence-electron chi connectivity index (χ4n) is 2.84. The largest absolute Gasteiger partial charge is 0.372 e. The van der Waals surface area contributed by atoms with Crippen molar-refractivity contribution >= 4 is 7.60 Å². The molecule has 0 aliphatic carbocycles. The van der Waals surface area contributed by atoms with Crippen LogP contribution in [0.3, 0.4) is 0 Å². The van der Waals surface area contributed by atoms with Gasteiger partial charge in [0.25, 0.3) is 0 Å². The maximum Gasteiger partial charge on any atom is 0.368 e. The van der Waals surface area contributed by atoms with Crippen molar-refractivity contribution < 1.29 is 18.7 Å². The third-order valence-electron chi connectivity index (χ3n) is 4.13. The van der Waals surface area contributed by atoms with Crippen LogP contribution in [0.25, 0.3) is 11.4 Å². The third-order valence-corrected chi connectivity index (χ3v) is 6.64. The maximum absolute atomic E-state index is 13.5. The molecular formula is C19H23N4O4P. The summed E-state index contributed by atoms with van der Waals surface area (Å²) in [5, 5.41) is 22.0. The average Bonchev–Trinajstić information content (AvgIpc) is 3.18. The second-order valence-electron chi connectivity index (χ2n) is 6.03. The summed E-state index contributed by atoms with van der Waals surface area (Å²) in [5.41, 5.74) is 1.17. The second kappa shape index (κ2) is 8.75. The number of nitrogens with zero attached hydrogens (tertiary/aromatic N) is 4. The maximum atomic E-state index is 13.5. The van der Waals surface area contributed by atoms with Crippen molar-refractivity contribution in [3.63, 3.8) is 0 Å². The van der Waals surface area contributed by atoms with Crippen molar-refractivity contribution in [1.29, 1.82) is 0 Å². The van der Waals surface area contributed by atoms with Crippen LogP contribution in [-0.4, -0.2) is 38.5 Å². The monoisotopic (exact) mass is 402 g/mol. The molecule has 0 radical (unpaired) electrons. The Kier molecular flexibility index (Phi) is 6.36. The molecule has 9 heteroatoms. The van der Waals surface area contributed by atoms with E-state index in [2.05, 4.69) is 15.4 Å². The van der Waals surface area contributed by atoms with Gasteiger partial charge in [-0.15, -0.1) is 10.2 Å². The molecule has 1 aromatic heterocycles. The first-order valence-corrected chi connectivity index (χ1v) is 10.6. The molecule has 0 saturated heterocycles. The van der Waals surface area contributed by atoms with Gasteiger partial charge >= 0.3 is 7.60 Å². The molecule has 0 bridgehead atoms. The quantitative estimate of drug-likeness (QED) is 0.547. The number of aromatic nitrogens is 4. The molecule has 8 nitrogen and oxygen atoms in total. The Bertz CT molecular complexity index is 925. The Balaban J connectivity index is 2.01. The lowest BCUT2D eigenvalue weighted by molar-refractivity contribution is 0.0441. The Labute approximate surface area is 163 Å². The van der Waals surface area contributed by atoms with Crippen LogP contribution in [0, 0.1) is 0 Å². The van der Waals surface area contributed by atoms with E-state index >= 15 is 0 Å². The first kappa shape index (κ1) is 20.4. The molecular weight excluding hydrogens is 379 g/mol. The van der Waals surface area contributed by atoms with Gasteiger partial charge in [-0.3, -0.25) is 4.57 Å². The van der Waals surface area contributed by atoms with Crippen LogP contribution in [0.4, 0.5) is 0 Å².